The number of nitrogens with two attached hydrogens (primary N) is 1. The van der Waals surface area contributed by atoms with Gasteiger partial charge in [-0.05, 0) is 49.2 Å². The van der Waals surface area contributed by atoms with Crippen LogP contribution in [-0.4, -0.2) is 24.2 Å². The summed E-state index contributed by atoms with van der Waals surface area (Å²) in [6.45, 7) is 2.72. The summed E-state index contributed by atoms with van der Waals surface area (Å²) in [5, 5.41) is 6.81. The lowest BCUT2D eigenvalue weighted by molar-refractivity contribution is -0.116. The standard InChI is InChI=1S/C15H18ClN3O3/c1-10-13(15(16)22-19-10)6-7-14(20)18-11-2-4-12(5-3-11)21-9-8-17/h2-5H,6-9,17H2,1H3,(H,18,20). The third kappa shape index (κ3) is 4.47. The minimum Gasteiger partial charge on any atom is -0.492 e. The number of carbonyl (C=O) groups is 1. The fraction of sp³-hybridized carbons (Fsp3) is 0.333. The number of hydrogen-bond acceptors (Lipinski definition) is 5. The number of carbonyl (C=O) groups excluding carboxylic acids is 1. The summed E-state index contributed by atoms with van der Waals surface area (Å²) in [7, 11) is 0. The third-order valence-corrected chi connectivity index (χ3v) is 3.36. The van der Waals surface area contributed by atoms with Crippen LogP contribution in [0.3, 0.4) is 0 Å². The summed E-state index contributed by atoms with van der Waals surface area (Å²) >= 11 is 5.86. The molecule has 2 rings (SSSR count). The number of nitrogens with one attached hydrogen (secondary N) is 1. The van der Waals surface area contributed by atoms with Crippen LogP contribution in [0.5, 0.6) is 5.75 Å². The molecule has 0 spiro atoms. The van der Waals surface area contributed by atoms with Gasteiger partial charge < -0.3 is 20.3 Å². The van der Waals surface area contributed by atoms with E-state index in [1.165, 1.54) is 0 Å². The zero-order valence-electron chi connectivity index (χ0n) is 12.3. The van der Waals surface area contributed by atoms with Gasteiger partial charge in [0.1, 0.15) is 12.4 Å². The first-order valence-corrected chi connectivity index (χ1v) is 7.31. The third-order valence-electron chi connectivity index (χ3n) is 3.06. The second kappa shape index (κ2) is 7.82. The molecule has 0 fully saturated rings. The topological polar surface area (TPSA) is 90.4 Å². The second-order valence-corrected chi connectivity index (χ2v) is 5.07. The molecule has 0 aliphatic rings. The lowest BCUT2D eigenvalue weighted by Gasteiger charge is -2.07. The Kier molecular flexibility index (Phi) is 5.80. The molecule has 1 heterocycles. The molecule has 2 aromatic rings. The van der Waals surface area contributed by atoms with Crippen molar-refractivity contribution in [2.45, 2.75) is 19.8 Å². The van der Waals surface area contributed by atoms with Gasteiger partial charge in [-0.2, -0.15) is 0 Å². The van der Waals surface area contributed by atoms with Crippen LogP contribution < -0.4 is 15.8 Å². The van der Waals surface area contributed by atoms with Crippen molar-refractivity contribution in [3.8, 4) is 5.75 Å². The number of rotatable bonds is 7. The number of benzene rings is 1. The van der Waals surface area contributed by atoms with Crippen molar-refractivity contribution < 1.29 is 14.1 Å². The summed E-state index contributed by atoms with van der Waals surface area (Å²) < 4.78 is 10.2. The van der Waals surface area contributed by atoms with E-state index in [1.807, 2.05) is 0 Å². The van der Waals surface area contributed by atoms with Crippen molar-refractivity contribution in [1.29, 1.82) is 0 Å². The fourth-order valence-electron chi connectivity index (χ4n) is 1.91. The number of amides is 1. The van der Waals surface area contributed by atoms with E-state index in [2.05, 4.69) is 10.5 Å². The lowest BCUT2D eigenvalue weighted by Crippen LogP contribution is -2.13. The SMILES string of the molecule is Cc1noc(Cl)c1CCC(=O)Nc1ccc(OCCN)cc1. The molecule has 118 valence electrons. The van der Waals surface area contributed by atoms with Gasteiger partial charge >= 0.3 is 0 Å². The van der Waals surface area contributed by atoms with Crippen molar-refractivity contribution in [2.75, 3.05) is 18.5 Å². The number of nitrogens with zero attached hydrogens (tertiary/aromatic N) is 1. The quantitative estimate of drug-likeness (QED) is 0.817. The molecule has 22 heavy (non-hydrogen) atoms. The molecule has 0 saturated heterocycles. The van der Waals surface area contributed by atoms with Crippen molar-refractivity contribution in [2.24, 2.45) is 5.73 Å². The van der Waals surface area contributed by atoms with Gasteiger partial charge in [-0.25, -0.2) is 0 Å². The van der Waals surface area contributed by atoms with Crippen LogP contribution in [0.4, 0.5) is 5.69 Å². The van der Waals surface area contributed by atoms with Crippen LogP contribution in [0.2, 0.25) is 5.22 Å². The normalized spacial score (nSPS) is 10.5. The summed E-state index contributed by atoms with van der Waals surface area (Å²) in [6, 6.07) is 7.13. The Labute approximate surface area is 133 Å². The summed E-state index contributed by atoms with van der Waals surface area (Å²) in [5.74, 6) is 0.614. The average Bonchev–Trinajstić information content (AvgIpc) is 2.83. The van der Waals surface area contributed by atoms with Gasteiger partial charge in [0.05, 0.1) is 5.69 Å². The van der Waals surface area contributed by atoms with Crippen LogP contribution in [0.15, 0.2) is 28.8 Å². The minimum atomic E-state index is -0.104. The molecule has 0 aliphatic carbocycles. The monoisotopic (exact) mass is 323 g/mol. The Bertz CT molecular complexity index is 606. The summed E-state index contributed by atoms with van der Waals surface area (Å²) in [5.41, 5.74) is 7.54. The highest BCUT2D eigenvalue weighted by Crippen LogP contribution is 2.21. The molecule has 3 N–H and O–H groups in total. The molecule has 0 radical (unpaired) electrons. The number of anilines is 1. The Morgan fingerprint density at radius 2 is 2.14 bits per heavy atom. The molecule has 0 atom stereocenters. The highest BCUT2D eigenvalue weighted by atomic mass is 35.5. The molecule has 6 nitrogen and oxygen atoms in total. The second-order valence-electron chi connectivity index (χ2n) is 4.73. The molecule has 0 aliphatic heterocycles. The zero-order valence-corrected chi connectivity index (χ0v) is 13.0. The Morgan fingerprint density at radius 3 is 2.73 bits per heavy atom. The zero-order chi connectivity index (χ0) is 15.9. The largest absolute Gasteiger partial charge is 0.492 e. The van der Waals surface area contributed by atoms with Crippen molar-refractivity contribution >= 4 is 23.2 Å². The molecule has 7 heteroatoms. The molecule has 0 unspecified atom stereocenters. The van der Waals surface area contributed by atoms with Gasteiger partial charge in [0.15, 0.2) is 0 Å². The van der Waals surface area contributed by atoms with Crippen LogP contribution >= 0.6 is 11.6 Å². The first kappa shape index (κ1) is 16.3. The Balaban J connectivity index is 1.84. The first-order valence-electron chi connectivity index (χ1n) is 6.93. The number of ether oxygens (including phenoxy) is 1. The predicted octanol–water partition coefficient (Wildman–Crippen LogP) is 2.55. The van der Waals surface area contributed by atoms with E-state index in [0.29, 0.717) is 37.4 Å². The number of aromatic nitrogens is 1. The smallest absolute Gasteiger partial charge is 0.229 e. The first-order chi connectivity index (χ1) is 10.6. The molecule has 1 aromatic carbocycles. The maximum Gasteiger partial charge on any atom is 0.229 e. The van der Waals surface area contributed by atoms with E-state index in [-0.39, 0.29) is 11.1 Å². The molecule has 0 bridgehead atoms. The van der Waals surface area contributed by atoms with Gasteiger partial charge in [0, 0.05) is 24.2 Å². The molecular formula is C15H18ClN3O3. The molecule has 1 amide bonds. The summed E-state index contributed by atoms with van der Waals surface area (Å²) in [6.07, 6.45) is 0.783. The van der Waals surface area contributed by atoms with E-state index in [0.717, 1.165) is 11.3 Å². The van der Waals surface area contributed by atoms with Crippen molar-refractivity contribution in [1.82, 2.24) is 5.16 Å². The maximum absolute atomic E-state index is 11.9. The van der Waals surface area contributed by atoms with Crippen molar-refractivity contribution in [3.05, 3.63) is 40.7 Å². The van der Waals surface area contributed by atoms with Gasteiger partial charge in [-0.1, -0.05) is 5.16 Å². The highest BCUT2D eigenvalue weighted by molar-refractivity contribution is 6.29. The minimum absolute atomic E-state index is 0.104. The Morgan fingerprint density at radius 1 is 1.41 bits per heavy atom. The van der Waals surface area contributed by atoms with Gasteiger partial charge in [0.25, 0.3) is 0 Å². The predicted molar refractivity (Wildman–Crippen MR) is 84.2 cm³/mol. The number of hydrogen-bond donors (Lipinski definition) is 2. The van der Waals surface area contributed by atoms with Gasteiger partial charge in [0.2, 0.25) is 11.1 Å². The van der Waals surface area contributed by atoms with E-state index < -0.39 is 0 Å². The number of halogens is 1. The lowest BCUT2D eigenvalue weighted by atomic mass is 10.1. The molecular weight excluding hydrogens is 306 g/mol. The van der Waals surface area contributed by atoms with Crippen LogP contribution in [-0.2, 0) is 11.2 Å². The van der Waals surface area contributed by atoms with E-state index in [1.54, 1.807) is 31.2 Å². The number of aryl methyl sites for hydroxylation is 1. The molecule has 1 aromatic heterocycles. The average molecular weight is 324 g/mol. The van der Waals surface area contributed by atoms with E-state index in [9.17, 15) is 4.79 Å². The fourth-order valence-corrected chi connectivity index (χ4v) is 2.18. The maximum atomic E-state index is 11.9. The van der Waals surface area contributed by atoms with Gasteiger partial charge in [-0.3, -0.25) is 4.79 Å². The van der Waals surface area contributed by atoms with Crippen LogP contribution in [0.25, 0.3) is 0 Å². The molecule has 0 saturated carbocycles. The van der Waals surface area contributed by atoms with Crippen LogP contribution in [0.1, 0.15) is 17.7 Å². The highest BCUT2D eigenvalue weighted by Gasteiger charge is 2.12. The summed E-state index contributed by atoms with van der Waals surface area (Å²) in [4.78, 5) is 11.9. The van der Waals surface area contributed by atoms with Crippen LogP contribution in [0, 0.1) is 6.92 Å². The van der Waals surface area contributed by atoms with Crippen molar-refractivity contribution in [3.63, 3.8) is 0 Å². The Hall–Kier alpha value is -2.05. The van der Waals surface area contributed by atoms with Gasteiger partial charge in [-0.15, -0.1) is 0 Å². The van der Waals surface area contributed by atoms with E-state index >= 15 is 0 Å². The van der Waals surface area contributed by atoms with E-state index in [4.69, 9.17) is 26.6 Å².